The van der Waals surface area contributed by atoms with E-state index in [0.717, 1.165) is 4.70 Å². The molecule has 0 amide bonds. The van der Waals surface area contributed by atoms with E-state index in [0.29, 0.717) is 28.0 Å². The fourth-order valence-electron chi connectivity index (χ4n) is 2.47. The number of fused-ring (bicyclic) bond motifs is 1. The number of carboxylic acid groups (broad SMARTS) is 1. The molecule has 4 aromatic rings. The van der Waals surface area contributed by atoms with Crippen molar-refractivity contribution in [3.05, 3.63) is 41.2 Å². The number of aromatic amines is 2. The van der Waals surface area contributed by atoms with Crippen LogP contribution in [0.1, 0.15) is 10.5 Å². The average Bonchev–Trinajstić information content (AvgIpc) is 3.23. The van der Waals surface area contributed by atoms with Crippen LogP contribution < -0.4 is 0 Å². The molecule has 0 aliphatic rings. The number of aromatic carboxylic acids is 1. The van der Waals surface area contributed by atoms with Crippen LogP contribution in [0.3, 0.4) is 0 Å². The first kappa shape index (κ1) is 13.6. The molecule has 0 atom stereocenters. The van der Waals surface area contributed by atoms with Crippen molar-refractivity contribution in [2.75, 3.05) is 0 Å². The summed E-state index contributed by atoms with van der Waals surface area (Å²) in [6.07, 6.45) is 0. The maximum absolute atomic E-state index is 13.1. The Bertz CT molecular complexity index is 1000. The molecule has 0 spiro atoms. The Hall–Kier alpha value is -3.07. The van der Waals surface area contributed by atoms with Crippen molar-refractivity contribution in [1.82, 2.24) is 25.6 Å². The highest BCUT2D eigenvalue weighted by Gasteiger charge is 2.23. The van der Waals surface area contributed by atoms with E-state index in [4.69, 9.17) is 0 Å². The minimum absolute atomic E-state index is 0.0483. The fraction of sp³-hybridized carbons (Fsp3) is 0. The molecule has 4 rings (SSSR count). The third kappa shape index (κ3) is 2.09. The number of carbonyl (C=O) groups is 1. The Labute approximate surface area is 131 Å². The zero-order valence-corrected chi connectivity index (χ0v) is 12.2. The molecule has 0 aliphatic carbocycles. The van der Waals surface area contributed by atoms with Crippen LogP contribution in [-0.2, 0) is 0 Å². The first-order chi connectivity index (χ1) is 11.1. The van der Waals surface area contributed by atoms with Gasteiger partial charge in [-0.2, -0.15) is 0 Å². The molecular weight excluding hydrogens is 321 g/mol. The number of carboxylic acids is 1. The van der Waals surface area contributed by atoms with Gasteiger partial charge in [0.15, 0.2) is 5.82 Å². The maximum Gasteiger partial charge on any atom is 0.353 e. The summed E-state index contributed by atoms with van der Waals surface area (Å²) in [5.74, 6) is -1.02. The van der Waals surface area contributed by atoms with Crippen molar-refractivity contribution < 1.29 is 14.3 Å². The molecular formula is C14H8FN5O2S. The van der Waals surface area contributed by atoms with E-state index in [1.807, 2.05) is 5.38 Å². The SMILES string of the molecule is O=C(O)c1[nH]c2c(-c3nnn[nH]3)csc2c1-c1ccc(F)cc1. The topological polar surface area (TPSA) is 108 Å². The number of thiophene rings is 1. The maximum atomic E-state index is 13.1. The lowest BCUT2D eigenvalue weighted by Gasteiger charge is -2.01. The van der Waals surface area contributed by atoms with E-state index in [-0.39, 0.29) is 11.5 Å². The second-order valence-corrected chi connectivity index (χ2v) is 5.67. The van der Waals surface area contributed by atoms with Crippen LogP contribution in [0.15, 0.2) is 29.6 Å². The van der Waals surface area contributed by atoms with E-state index in [2.05, 4.69) is 25.6 Å². The number of tetrazole rings is 1. The number of nitrogens with zero attached hydrogens (tertiary/aromatic N) is 3. The highest BCUT2D eigenvalue weighted by molar-refractivity contribution is 7.18. The summed E-state index contributed by atoms with van der Waals surface area (Å²) in [5.41, 5.74) is 2.51. The van der Waals surface area contributed by atoms with Crippen molar-refractivity contribution in [2.45, 2.75) is 0 Å². The molecule has 0 saturated carbocycles. The molecule has 0 saturated heterocycles. The van der Waals surface area contributed by atoms with E-state index in [1.54, 1.807) is 12.1 Å². The van der Waals surface area contributed by atoms with Gasteiger partial charge in [0.05, 0.1) is 15.8 Å². The van der Waals surface area contributed by atoms with E-state index >= 15 is 0 Å². The summed E-state index contributed by atoms with van der Waals surface area (Å²) in [7, 11) is 0. The molecule has 23 heavy (non-hydrogen) atoms. The van der Waals surface area contributed by atoms with Gasteiger partial charge in [-0.15, -0.1) is 16.4 Å². The van der Waals surface area contributed by atoms with Crippen molar-refractivity contribution in [1.29, 1.82) is 0 Å². The van der Waals surface area contributed by atoms with Gasteiger partial charge in [0.25, 0.3) is 0 Å². The van der Waals surface area contributed by atoms with Crippen molar-refractivity contribution in [3.8, 4) is 22.5 Å². The van der Waals surface area contributed by atoms with Crippen LogP contribution in [0, 0.1) is 5.82 Å². The summed E-state index contributed by atoms with van der Waals surface area (Å²) in [6, 6.07) is 5.71. The van der Waals surface area contributed by atoms with Gasteiger partial charge in [0.2, 0.25) is 0 Å². The molecule has 3 aromatic heterocycles. The number of rotatable bonds is 3. The number of aromatic nitrogens is 5. The first-order valence-electron chi connectivity index (χ1n) is 6.51. The summed E-state index contributed by atoms with van der Waals surface area (Å²) in [5, 5.41) is 24.9. The lowest BCUT2D eigenvalue weighted by Crippen LogP contribution is -1.99. The monoisotopic (exact) mass is 329 g/mol. The van der Waals surface area contributed by atoms with Gasteiger partial charge in [-0.1, -0.05) is 12.1 Å². The van der Waals surface area contributed by atoms with Gasteiger partial charge < -0.3 is 10.1 Å². The predicted octanol–water partition coefficient (Wildman–Crippen LogP) is 2.91. The van der Waals surface area contributed by atoms with Crippen molar-refractivity contribution in [2.24, 2.45) is 0 Å². The molecule has 1 aromatic carbocycles. The Morgan fingerprint density at radius 3 is 2.70 bits per heavy atom. The van der Waals surface area contributed by atoms with Crippen LogP contribution in [-0.4, -0.2) is 36.7 Å². The number of benzene rings is 1. The van der Waals surface area contributed by atoms with Gasteiger partial charge in [-0.05, 0) is 28.1 Å². The zero-order chi connectivity index (χ0) is 16.0. The lowest BCUT2D eigenvalue weighted by molar-refractivity contribution is 0.0692. The fourth-order valence-corrected chi connectivity index (χ4v) is 3.55. The second-order valence-electron chi connectivity index (χ2n) is 4.79. The first-order valence-corrected chi connectivity index (χ1v) is 7.39. The number of H-pyrrole nitrogens is 2. The van der Waals surface area contributed by atoms with E-state index < -0.39 is 5.97 Å². The van der Waals surface area contributed by atoms with Gasteiger partial charge in [-0.25, -0.2) is 14.3 Å². The number of hydrogen-bond acceptors (Lipinski definition) is 5. The quantitative estimate of drug-likeness (QED) is 0.535. The Balaban J connectivity index is 2.00. The normalized spacial score (nSPS) is 11.2. The van der Waals surface area contributed by atoms with E-state index in [9.17, 15) is 14.3 Å². The molecule has 0 unspecified atom stereocenters. The molecule has 0 aliphatic heterocycles. The minimum Gasteiger partial charge on any atom is -0.477 e. The minimum atomic E-state index is -1.09. The zero-order valence-electron chi connectivity index (χ0n) is 11.4. The Kier molecular flexibility index (Phi) is 2.95. The molecule has 7 nitrogen and oxygen atoms in total. The second kappa shape index (κ2) is 4.99. The number of hydrogen-bond donors (Lipinski definition) is 3. The van der Waals surface area contributed by atoms with Gasteiger partial charge >= 0.3 is 5.97 Å². The molecule has 114 valence electrons. The molecule has 9 heteroatoms. The Morgan fingerprint density at radius 2 is 2.04 bits per heavy atom. The average molecular weight is 329 g/mol. The summed E-state index contributed by atoms with van der Waals surface area (Å²) >= 11 is 1.37. The molecule has 0 fully saturated rings. The third-order valence-corrected chi connectivity index (χ3v) is 4.46. The smallest absolute Gasteiger partial charge is 0.353 e. The standard InChI is InChI=1S/C14H8FN5O2S/c15-7-3-1-6(2-4-7)9-11(14(21)22)16-10-8(5-23-12(9)10)13-17-19-20-18-13/h1-5,16H,(H,21,22)(H,17,18,19,20). The molecule has 3 heterocycles. The lowest BCUT2D eigenvalue weighted by atomic mass is 10.1. The Morgan fingerprint density at radius 1 is 1.26 bits per heavy atom. The number of halogens is 1. The van der Waals surface area contributed by atoms with Crippen molar-refractivity contribution >= 4 is 27.5 Å². The van der Waals surface area contributed by atoms with Crippen LogP contribution in [0.2, 0.25) is 0 Å². The highest BCUT2D eigenvalue weighted by atomic mass is 32.1. The molecule has 0 bridgehead atoms. The molecule has 3 N–H and O–H groups in total. The summed E-state index contributed by atoms with van der Waals surface area (Å²) in [6.45, 7) is 0. The highest BCUT2D eigenvalue weighted by Crippen LogP contribution is 2.40. The number of nitrogens with one attached hydrogen (secondary N) is 2. The van der Waals surface area contributed by atoms with Crippen molar-refractivity contribution in [3.63, 3.8) is 0 Å². The van der Waals surface area contributed by atoms with Crippen LogP contribution in [0.25, 0.3) is 32.7 Å². The largest absolute Gasteiger partial charge is 0.477 e. The van der Waals surface area contributed by atoms with Crippen LogP contribution >= 0.6 is 11.3 Å². The molecule has 0 radical (unpaired) electrons. The predicted molar refractivity (Wildman–Crippen MR) is 81.7 cm³/mol. The summed E-state index contributed by atoms with van der Waals surface area (Å²) < 4.78 is 13.9. The van der Waals surface area contributed by atoms with Crippen LogP contribution in [0.5, 0.6) is 0 Å². The van der Waals surface area contributed by atoms with Crippen LogP contribution in [0.4, 0.5) is 4.39 Å². The van der Waals surface area contributed by atoms with Gasteiger partial charge in [0.1, 0.15) is 11.5 Å². The van der Waals surface area contributed by atoms with Gasteiger partial charge in [0, 0.05) is 10.9 Å². The van der Waals surface area contributed by atoms with Gasteiger partial charge in [-0.3, -0.25) is 0 Å². The third-order valence-electron chi connectivity index (χ3n) is 3.47. The van der Waals surface area contributed by atoms with E-state index in [1.165, 1.54) is 23.5 Å². The summed E-state index contributed by atoms with van der Waals surface area (Å²) in [4.78, 5) is 14.5.